The van der Waals surface area contributed by atoms with Gasteiger partial charge in [-0.25, -0.2) is 0 Å². The lowest BCUT2D eigenvalue weighted by molar-refractivity contribution is -0.141. The maximum Gasteiger partial charge on any atom is 0.246 e. The SMILES string of the molecule is C=CC(=O)N[C@@H](C)C(=O)N1CCC[C@H]1C(=O)NCC(=O)N[C@@H](CC(C)C)C(=O)NCCOCCOCC(=O)NCCCNC(=O)C(=C)C. The highest BCUT2D eigenvalue weighted by atomic mass is 16.5. The molecule has 3 atom stereocenters. The lowest BCUT2D eigenvalue weighted by atomic mass is 10.0. The summed E-state index contributed by atoms with van der Waals surface area (Å²) in [5.74, 6) is -2.78. The van der Waals surface area contributed by atoms with E-state index in [1.807, 2.05) is 13.8 Å². The lowest BCUT2D eigenvalue weighted by Crippen LogP contribution is -2.54. The molecular weight excluding hydrogens is 626 g/mol. The Hall–Kier alpha value is -4.31. The molecule has 270 valence electrons. The van der Waals surface area contributed by atoms with Crippen LogP contribution in [-0.4, -0.2) is 124 Å². The van der Waals surface area contributed by atoms with Gasteiger partial charge in [0.05, 0.1) is 26.4 Å². The molecule has 0 radical (unpaired) electrons. The van der Waals surface area contributed by atoms with E-state index in [1.165, 1.54) is 11.8 Å². The maximum atomic E-state index is 12.8. The van der Waals surface area contributed by atoms with Crippen molar-refractivity contribution in [1.29, 1.82) is 0 Å². The molecule has 1 saturated heterocycles. The number of carbonyl (C=O) groups is 7. The van der Waals surface area contributed by atoms with Crippen molar-refractivity contribution < 1.29 is 43.0 Å². The summed E-state index contributed by atoms with van der Waals surface area (Å²) in [6, 6.07) is -2.45. The van der Waals surface area contributed by atoms with Crippen LogP contribution in [0.2, 0.25) is 0 Å². The van der Waals surface area contributed by atoms with Gasteiger partial charge in [0.25, 0.3) is 0 Å². The highest BCUT2D eigenvalue weighted by Gasteiger charge is 2.36. The third kappa shape index (κ3) is 17.0. The van der Waals surface area contributed by atoms with E-state index in [0.717, 1.165) is 6.08 Å². The van der Waals surface area contributed by atoms with Crippen LogP contribution in [-0.2, 0) is 43.0 Å². The summed E-state index contributed by atoms with van der Waals surface area (Å²) in [5, 5.41) is 15.8. The fourth-order valence-electron chi connectivity index (χ4n) is 4.59. The Morgan fingerprint density at radius 3 is 2.23 bits per heavy atom. The number of amides is 7. The van der Waals surface area contributed by atoms with Gasteiger partial charge < -0.3 is 46.3 Å². The van der Waals surface area contributed by atoms with Crippen LogP contribution in [0.1, 0.15) is 53.4 Å². The lowest BCUT2D eigenvalue weighted by Gasteiger charge is -2.27. The zero-order valence-electron chi connectivity index (χ0n) is 28.6. The Kier molecular flexibility index (Phi) is 20.1. The number of carbonyl (C=O) groups excluding carboxylic acids is 7. The molecule has 7 amide bonds. The first-order valence-electron chi connectivity index (χ1n) is 16.2. The molecule has 0 unspecified atom stereocenters. The number of nitrogens with zero attached hydrogens (tertiary/aromatic N) is 1. The summed E-state index contributed by atoms with van der Waals surface area (Å²) >= 11 is 0. The van der Waals surface area contributed by atoms with E-state index in [9.17, 15) is 33.6 Å². The average molecular weight is 680 g/mol. The standard InChI is InChI=1S/C32H53N7O9/c1-7-26(40)37-23(6)32(46)39-14-8-10-25(39)31(45)36-19-27(41)38-24(18-21(2)3)30(44)35-13-15-47-16-17-48-20-28(42)33-11-9-12-34-29(43)22(4)5/h7,21,23-25H,1,4,8-20H2,2-3,5-6H3,(H,33,42)(H,34,43)(H,35,44)(H,36,45)(H,37,40)(H,38,41)/t23-,24-,25-/m0/s1. The molecule has 1 fully saturated rings. The van der Waals surface area contributed by atoms with Crippen LogP contribution >= 0.6 is 0 Å². The maximum absolute atomic E-state index is 12.8. The molecule has 0 aromatic heterocycles. The minimum Gasteiger partial charge on any atom is -0.377 e. The third-order valence-corrected chi connectivity index (χ3v) is 7.03. The molecule has 6 N–H and O–H groups in total. The van der Waals surface area contributed by atoms with Crippen LogP contribution in [0.15, 0.2) is 24.8 Å². The second-order valence-corrected chi connectivity index (χ2v) is 11.8. The molecule has 16 nitrogen and oxygen atoms in total. The van der Waals surface area contributed by atoms with Crippen molar-refractivity contribution in [2.24, 2.45) is 5.92 Å². The molecule has 48 heavy (non-hydrogen) atoms. The molecule has 1 aliphatic heterocycles. The fourth-order valence-corrected chi connectivity index (χ4v) is 4.59. The van der Waals surface area contributed by atoms with Gasteiger partial charge in [-0.2, -0.15) is 0 Å². The van der Waals surface area contributed by atoms with Crippen LogP contribution in [0.3, 0.4) is 0 Å². The van der Waals surface area contributed by atoms with Crippen molar-refractivity contribution in [2.45, 2.75) is 71.5 Å². The molecule has 0 saturated carbocycles. The zero-order chi connectivity index (χ0) is 36.1. The summed E-state index contributed by atoms with van der Waals surface area (Å²) in [7, 11) is 0. The first-order chi connectivity index (χ1) is 22.8. The molecule has 1 rings (SSSR count). The van der Waals surface area contributed by atoms with Crippen LogP contribution in [0.5, 0.6) is 0 Å². The molecule has 0 aliphatic carbocycles. The van der Waals surface area contributed by atoms with Crippen LogP contribution in [0, 0.1) is 5.92 Å². The Bertz CT molecular complexity index is 1140. The van der Waals surface area contributed by atoms with E-state index in [-0.39, 0.29) is 57.2 Å². The van der Waals surface area contributed by atoms with Gasteiger partial charge in [-0.1, -0.05) is 27.0 Å². The number of ether oxygens (including phenoxy) is 2. The second-order valence-electron chi connectivity index (χ2n) is 11.8. The minimum absolute atomic E-state index is 0.0882. The highest BCUT2D eigenvalue weighted by Crippen LogP contribution is 2.18. The van der Waals surface area contributed by atoms with Crippen molar-refractivity contribution in [1.82, 2.24) is 36.8 Å². The Morgan fingerprint density at radius 1 is 0.875 bits per heavy atom. The molecule has 1 heterocycles. The molecule has 0 aromatic rings. The second kappa shape index (κ2) is 23.1. The van der Waals surface area contributed by atoms with Crippen LogP contribution in [0.25, 0.3) is 0 Å². The summed E-state index contributed by atoms with van der Waals surface area (Å²) in [6.45, 7) is 15.2. The first-order valence-corrected chi connectivity index (χ1v) is 16.2. The summed E-state index contributed by atoms with van der Waals surface area (Å²) in [5.41, 5.74) is 0.422. The van der Waals surface area contributed by atoms with Gasteiger partial charge in [0.15, 0.2) is 0 Å². The van der Waals surface area contributed by atoms with Crippen molar-refractivity contribution in [3.63, 3.8) is 0 Å². The largest absolute Gasteiger partial charge is 0.377 e. The van der Waals surface area contributed by atoms with Crippen LogP contribution in [0.4, 0.5) is 0 Å². The van der Waals surface area contributed by atoms with Gasteiger partial charge in [0.2, 0.25) is 41.4 Å². The highest BCUT2D eigenvalue weighted by molar-refractivity contribution is 5.96. The number of rotatable bonds is 23. The van der Waals surface area contributed by atoms with Gasteiger partial charge in [0.1, 0.15) is 24.7 Å². The predicted octanol–water partition coefficient (Wildman–Crippen LogP) is -1.34. The Labute approximate surface area is 282 Å². The van der Waals surface area contributed by atoms with Crippen molar-refractivity contribution in [3.8, 4) is 0 Å². The number of likely N-dealkylation sites (tertiary alicyclic amines) is 1. The van der Waals surface area contributed by atoms with Crippen molar-refractivity contribution in [2.75, 3.05) is 59.2 Å². The molecular formula is C32H53N7O9. The quantitative estimate of drug-likeness (QED) is 0.0557. The van der Waals surface area contributed by atoms with E-state index in [4.69, 9.17) is 9.47 Å². The monoisotopic (exact) mass is 679 g/mol. The van der Waals surface area contributed by atoms with Gasteiger partial charge in [0, 0.05) is 31.8 Å². The molecule has 0 aromatic carbocycles. The minimum atomic E-state index is -0.842. The predicted molar refractivity (Wildman–Crippen MR) is 177 cm³/mol. The van der Waals surface area contributed by atoms with E-state index >= 15 is 0 Å². The van der Waals surface area contributed by atoms with E-state index in [0.29, 0.717) is 50.9 Å². The number of hydrogen-bond donors (Lipinski definition) is 6. The third-order valence-electron chi connectivity index (χ3n) is 7.03. The summed E-state index contributed by atoms with van der Waals surface area (Å²) in [4.78, 5) is 87.2. The van der Waals surface area contributed by atoms with E-state index in [2.05, 4.69) is 45.1 Å². The van der Waals surface area contributed by atoms with Gasteiger partial charge in [-0.05, 0) is 51.5 Å². The Morgan fingerprint density at radius 2 is 1.56 bits per heavy atom. The van der Waals surface area contributed by atoms with Gasteiger partial charge in [-0.3, -0.25) is 33.6 Å². The zero-order valence-corrected chi connectivity index (χ0v) is 28.6. The molecule has 0 bridgehead atoms. The van der Waals surface area contributed by atoms with E-state index < -0.39 is 47.7 Å². The molecule has 16 heteroatoms. The van der Waals surface area contributed by atoms with Crippen LogP contribution < -0.4 is 31.9 Å². The van der Waals surface area contributed by atoms with Crippen molar-refractivity contribution in [3.05, 3.63) is 24.8 Å². The number of hydrogen-bond acceptors (Lipinski definition) is 9. The summed E-state index contributed by atoms with van der Waals surface area (Å²) < 4.78 is 10.7. The van der Waals surface area contributed by atoms with Crippen molar-refractivity contribution >= 4 is 41.4 Å². The first kappa shape index (κ1) is 41.7. The average Bonchev–Trinajstić information content (AvgIpc) is 3.53. The van der Waals surface area contributed by atoms with Gasteiger partial charge in [-0.15, -0.1) is 0 Å². The summed E-state index contributed by atoms with van der Waals surface area (Å²) in [6.07, 6.45) is 3.01. The smallest absolute Gasteiger partial charge is 0.246 e. The topological polar surface area (TPSA) is 213 Å². The number of nitrogens with one attached hydrogen (secondary N) is 6. The molecule has 0 spiro atoms. The molecule has 1 aliphatic rings. The fraction of sp³-hybridized carbons (Fsp3) is 0.656. The normalized spacial score (nSPS) is 15.1. The van der Waals surface area contributed by atoms with Gasteiger partial charge >= 0.3 is 0 Å². The Balaban J connectivity index is 2.33. The van der Waals surface area contributed by atoms with E-state index in [1.54, 1.807) is 6.92 Å².